The monoisotopic (exact) mass is 314 g/mol. The number of hydrogen-bond donors (Lipinski definition) is 1. The smallest absolute Gasteiger partial charge is 0.193 e. The first-order chi connectivity index (χ1) is 11.8. The number of aliphatic hydroxyl groups excluding tert-OH is 1. The number of carbonyl (C=O) groups is 1. The molecule has 0 unspecified atom stereocenters. The van der Waals surface area contributed by atoms with E-state index in [0.29, 0.717) is 23.1 Å². The van der Waals surface area contributed by atoms with E-state index in [-0.39, 0.29) is 11.5 Å². The van der Waals surface area contributed by atoms with Crippen molar-refractivity contribution in [1.82, 2.24) is 0 Å². The van der Waals surface area contributed by atoms with Crippen LogP contribution in [0, 0.1) is 0 Å². The molecule has 3 aromatic carbocycles. The minimum Gasteiger partial charge on any atom is -0.507 e. The highest BCUT2D eigenvalue weighted by atomic mass is 16.3. The lowest BCUT2D eigenvalue weighted by Gasteiger charge is -2.11. The molecule has 0 aromatic heterocycles. The third kappa shape index (κ3) is 3.61. The average Bonchev–Trinajstić information content (AvgIpc) is 2.67. The molecule has 24 heavy (non-hydrogen) atoms. The molecule has 0 fully saturated rings. The van der Waals surface area contributed by atoms with Gasteiger partial charge < -0.3 is 5.11 Å². The minimum absolute atomic E-state index is 0.0355. The van der Waals surface area contributed by atoms with Crippen LogP contribution in [0.2, 0.25) is 0 Å². The van der Waals surface area contributed by atoms with Gasteiger partial charge in [0.2, 0.25) is 0 Å². The van der Waals surface area contributed by atoms with Crippen LogP contribution in [0.25, 0.3) is 5.76 Å². The zero-order valence-electron chi connectivity index (χ0n) is 13.2. The zero-order chi connectivity index (χ0) is 16.8. The van der Waals surface area contributed by atoms with E-state index in [1.54, 1.807) is 24.3 Å². The molecule has 0 spiro atoms. The van der Waals surface area contributed by atoms with Gasteiger partial charge in [-0.2, -0.15) is 0 Å². The van der Waals surface area contributed by atoms with Crippen LogP contribution in [0.3, 0.4) is 0 Å². The molecule has 1 N–H and O–H groups in total. The molecular formula is C22H18O2. The van der Waals surface area contributed by atoms with Crippen molar-refractivity contribution in [1.29, 1.82) is 0 Å². The molecule has 3 rings (SSSR count). The van der Waals surface area contributed by atoms with Crippen molar-refractivity contribution in [2.45, 2.75) is 6.42 Å². The van der Waals surface area contributed by atoms with Crippen molar-refractivity contribution in [3.63, 3.8) is 0 Å². The topological polar surface area (TPSA) is 37.3 Å². The number of allylic oxidation sites excluding steroid dienone is 1. The highest BCUT2D eigenvalue weighted by Gasteiger charge is 2.18. The number of aliphatic hydroxyl groups is 1. The lowest BCUT2D eigenvalue weighted by Crippen LogP contribution is -2.09. The SMILES string of the molecule is O=C(/C(Cc1ccccc1)=C(\O)c1ccccc1)c1ccccc1. The van der Waals surface area contributed by atoms with Gasteiger partial charge in [0.05, 0.1) is 0 Å². The Labute approximate surface area is 141 Å². The molecular weight excluding hydrogens is 296 g/mol. The Kier molecular flexibility index (Phi) is 4.87. The van der Waals surface area contributed by atoms with Crippen LogP contribution in [-0.2, 0) is 6.42 Å². The molecule has 0 aliphatic carbocycles. The number of carbonyl (C=O) groups excluding carboxylic acids is 1. The van der Waals surface area contributed by atoms with Crippen LogP contribution in [-0.4, -0.2) is 10.9 Å². The van der Waals surface area contributed by atoms with E-state index in [1.807, 2.05) is 66.7 Å². The first-order valence-electron chi connectivity index (χ1n) is 7.87. The van der Waals surface area contributed by atoms with E-state index in [1.165, 1.54) is 0 Å². The maximum atomic E-state index is 12.9. The normalized spacial score (nSPS) is 11.7. The quantitative estimate of drug-likeness (QED) is 0.405. The van der Waals surface area contributed by atoms with Gasteiger partial charge in [-0.25, -0.2) is 0 Å². The minimum atomic E-state index is -0.152. The van der Waals surface area contributed by atoms with Gasteiger partial charge in [-0.05, 0) is 5.56 Å². The maximum absolute atomic E-state index is 12.9. The number of rotatable bonds is 5. The summed E-state index contributed by atoms with van der Waals surface area (Å²) in [5.74, 6) is -0.117. The van der Waals surface area contributed by atoms with E-state index >= 15 is 0 Å². The lowest BCUT2D eigenvalue weighted by atomic mass is 9.94. The van der Waals surface area contributed by atoms with Crippen LogP contribution >= 0.6 is 0 Å². The summed E-state index contributed by atoms with van der Waals surface area (Å²) >= 11 is 0. The highest BCUT2D eigenvalue weighted by molar-refractivity contribution is 6.12. The average molecular weight is 314 g/mol. The van der Waals surface area contributed by atoms with E-state index < -0.39 is 0 Å². The van der Waals surface area contributed by atoms with Crippen molar-refractivity contribution < 1.29 is 9.90 Å². The van der Waals surface area contributed by atoms with Crippen molar-refractivity contribution in [2.75, 3.05) is 0 Å². The standard InChI is InChI=1S/C22H18O2/c23-21(18-12-6-2-7-13-18)20(16-17-10-4-1-5-11-17)22(24)19-14-8-3-9-15-19/h1-15,23H,16H2/b21-20-. The van der Waals surface area contributed by atoms with Crippen LogP contribution in [0.4, 0.5) is 0 Å². The van der Waals surface area contributed by atoms with E-state index in [9.17, 15) is 9.90 Å². The Morgan fingerprint density at radius 1 is 0.667 bits per heavy atom. The summed E-state index contributed by atoms with van der Waals surface area (Å²) in [6.07, 6.45) is 0.384. The van der Waals surface area contributed by atoms with E-state index in [0.717, 1.165) is 5.56 Å². The molecule has 2 nitrogen and oxygen atoms in total. The van der Waals surface area contributed by atoms with Crippen LogP contribution in [0.15, 0.2) is 96.6 Å². The molecule has 0 heterocycles. The molecule has 0 aliphatic rings. The molecule has 0 aliphatic heterocycles. The molecule has 0 bridgehead atoms. The second kappa shape index (κ2) is 7.42. The Morgan fingerprint density at radius 2 is 1.12 bits per heavy atom. The predicted octanol–water partition coefficient (Wildman–Crippen LogP) is 5.08. The summed E-state index contributed by atoms with van der Waals surface area (Å²) in [5, 5.41) is 10.7. The van der Waals surface area contributed by atoms with Gasteiger partial charge in [0.25, 0.3) is 0 Å². The number of hydrogen-bond acceptors (Lipinski definition) is 2. The van der Waals surface area contributed by atoms with Gasteiger partial charge in [0.15, 0.2) is 5.78 Å². The molecule has 118 valence electrons. The van der Waals surface area contributed by atoms with Crippen molar-refractivity contribution in [3.05, 3.63) is 113 Å². The first kappa shape index (κ1) is 15.8. The van der Waals surface area contributed by atoms with Crippen LogP contribution in [0.1, 0.15) is 21.5 Å². The summed E-state index contributed by atoms with van der Waals surface area (Å²) in [6, 6.07) is 27.9. The van der Waals surface area contributed by atoms with E-state index in [2.05, 4.69) is 0 Å². The van der Waals surface area contributed by atoms with Crippen molar-refractivity contribution in [2.24, 2.45) is 0 Å². The van der Waals surface area contributed by atoms with Gasteiger partial charge in [-0.15, -0.1) is 0 Å². The molecule has 0 saturated heterocycles. The molecule has 0 radical (unpaired) electrons. The summed E-state index contributed by atoms with van der Waals surface area (Å²) < 4.78 is 0. The summed E-state index contributed by atoms with van der Waals surface area (Å²) in [7, 11) is 0. The van der Waals surface area contributed by atoms with Crippen LogP contribution in [0.5, 0.6) is 0 Å². The fraction of sp³-hybridized carbons (Fsp3) is 0.0455. The van der Waals surface area contributed by atoms with Crippen LogP contribution < -0.4 is 0 Å². The van der Waals surface area contributed by atoms with Crippen molar-refractivity contribution in [3.8, 4) is 0 Å². The number of Topliss-reactive ketones (excluding diaryl/α,β-unsaturated/α-hetero) is 1. The molecule has 3 aromatic rings. The second-order valence-electron chi connectivity index (χ2n) is 5.55. The van der Waals surface area contributed by atoms with Gasteiger partial charge in [0, 0.05) is 23.1 Å². The summed E-state index contributed by atoms with van der Waals surface area (Å²) in [5.41, 5.74) is 2.61. The summed E-state index contributed by atoms with van der Waals surface area (Å²) in [6.45, 7) is 0. The highest BCUT2D eigenvalue weighted by Crippen LogP contribution is 2.23. The Morgan fingerprint density at radius 3 is 1.67 bits per heavy atom. The van der Waals surface area contributed by atoms with Gasteiger partial charge in [0.1, 0.15) is 5.76 Å². The van der Waals surface area contributed by atoms with Gasteiger partial charge >= 0.3 is 0 Å². The Balaban J connectivity index is 2.06. The Hall–Kier alpha value is -3.13. The predicted molar refractivity (Wildman–Crippen MR) is 96.9 cm³/mol. The fourth-order valence-corrected chi connectivity index (χ4v) is 2.61. The molecule has 2 heteroatoms. The Bertz CT molecular complexity index is 835. The van der Waals surface area contributed by atoms with E-state index in [4.69, 9.17) is 0 Å². The summed E-state index contributed by atoms with van der Waals surface area (Å²) in [4.78, 5) is 12.9. The maximum Gasteiger partial charge on any atom is 0.193 e. The fourth-order valence-electron chi connectivity index (χ4n) is 2.61. The molecule has 0 amide bonds. The second-order valence-corrected chi connectivity index (χ2v) is 5.55. The molecule has 0 atom stereocenters. The lowest BCUT2D eigenvalue weighted by molar-refractivity contribution is 0.103. The van der Waals surface area contributed by atoms with Crippen molar-refractivity contribution >= 4 is 11.5 Å². The van der Waals surface area contributed by atoms with Gasteiger partial charge in [-0.1, -0.05) is 91.0 Å². The largest absolute Gasteiger partial charge is 0.507 e. The number of benzene rings is 3. The molecule has 0 saturated carbocycles. The third-order valence-electron chi connectivity index (χ3n) is 3.87. The van der Waals surface area contributed by atoms with Gasteiger partial charge in [-0.3, -0.25) is 4.79 Å². The zero-order valence-corrected chi connectivity index (χ0v) is 13.2. The third-order valence-corrected chi connectivity index (χ3v) is 3.87. The first-order valence-corrected chi connectivity index (χ1v) is 7.87. The number of ketones is 1.